The van der Waals surface area contributed by atoms with Crippen LogP contribution in [-0.4, -0.2) is 46.0 Å². The molecule has 4 N–H and O–H groups in total. The average molecular weight is 438 g/mol. The van der Waals surface area contributed by atoms with E-state index in [2.05, 4.69) is 10.6 Å². The summed E-state index contributed by atoms with van der Waals surface area (Å²) in [6.45, 7) is 3.20. The number of rotatable bonds is 10. The van der Waals surface area contributed by atoms with Gasteiger partial charge in [0.05, 0.1) is 0 Å². The summed E-state index contributed by atoms with van der Waals surface area (Å²) >= 11 is 0. The maximum absolute atomic E-state index is 12.3. The van der Waals surface area contributed by atoms with Crippen molar-refractivity contribution in [3.8, 4) is 0 Å². The fraction of sp³-hybridized carbons (Fsp3) is 0.250. The fourth-order valence-electron chi connectivity index (χ4n) is 3.19. The number of carbonyl (C=O) groups excluding carboxylic acids is 2. The molecule has 2 aromatic carbocycles. The topological polar surface area (TPSA) is 133 Å². The van der Waals surface area contributed by atoms with Crippen LogP contribution in [0.5, 0.6) is 0 Å². The van der Waals surface area contributed by atoms with Crippen molar-refractivity contribution in [1.82, 2.24) is 10.6 Å². The van der Waals surface area contributed by atoms with Gasteiger partial charge in [0.15, 0.2) is 0 Å². The number of carboxylic acid groups (broad SMARTS) is 2. The molecule has 32 heavy (non-hydrogen) atoms. The molecule has 0 spiro atoms. The second kappa shape index (κ2) is 11.5. The Kier molecular flexibility index (Phi) is 8.71. The lowest BCUT2D eigenvalue weighted by Crippen LogP contribution is -2.35. The van der Waals surface area contributed by atoms with Crippen LogP contribution in [0.1, 0.15) is 47.4 Å². The molecule has 2 aromatic rings. The van der Waals surface area contributed by atoms with Gasteiger partial charge in [0.1, 0.15) is 0 Å². The standard InChI is InChI=1S/C24H26N2O6/c1-15(25-21(27)17-9-5-3-6-10-17)13-19(23(29)30)20(24(31)32)14-16(2)26-22(28)18-11-7-4-8-12-18/h3-12,15-16H,13-14H2,1-2H3,(H,25,27)(H,26,28)(H,29,30)(H,31,32)/b20-19+/t15-,16-/m0/s1. The highest BCUT2D eigenvalue weighted by Gasteiger charge is 2.25. The maximum atomic E-state index is 12.3. The summed E-state index contributed by atoms with van der Waals surface area (Å²) in [7, 11) is 0. The molecular formula is C24H26N2O6. The predicted octanol–water partition coefficient (Wildman–Crippen LogP) is 2.87. The van der Waals surface area contributed by atoms with E-state index in [4.69, 9.17) is 0 Å². The molecule has 0 radical (unpaired) electrons. The molecular weight excluding hydrogens is 412 g/mol. The number of hydrogen-bond donors (Lipinski definition) is 4. The second-order valence-corrected chi connectivity index (χ2v) is 7.46. The zero-order chi connectivity index (χ0) is 23.7. The van der Waals surface area contributed by atoms with Gasteiger partial charge in [-0.25, -0.2) is 9.59 Å². The molecule has 0 heterocycles. The Morgan fingerprint density at radius 1 is 0.656 bits per heavy atom. The van der Waals surface area contributed by atoms with Crippen molar-refractivity contribution in [1.29, 1.82) is 0 Å². The Labute approximate surface area is 186 Å². The monoisotopic (exact) mass is 438 g/mol. The first-order valence-corrected chi connectivity index (χ1v) is 10.1. The van der Waals surface area contributed by atoms with E-state index in [0.29, 0.717) is 11.1 Å². The molecule has 0 saturated heterocycles. The number of aliphatic carboxylic acids is 2. The van der Waals surface area contributed by atoms with Gasteiger partial charge in [-0.2, -0.15) is 0 Å². The first kappa shape index (κ1) is 24.3. The van der Waals surface area contributed by atoms with Gasteiger partial charge in [-0.05, 0) is 38.1 Å². The predicted molar refractivity (Wildman–Crippen MR) is 118 cm³/mol. The molecule has 0 fully saturated rings. The van der Waals surface area contributed by atoms with Crippen LogP contribution < -0.4 is 10.6 Å². The van der Waals surface area contributed by atoms with Crippen LogP contribution in [0.3, 0.4) is 0 Å². The molecule has 0 saturated carbocycles. The summed E-state index contributed by atoms with van der Waals surface area (Å²) in [5.41, 5.74) is 0.185. The number of benzene rings is 2. The Morgan fingerprint density at radius 3 is 1.25 bits per heavy atom. The van der Waals surface area contributed by atoms with Crippen molar-refractivity contribution in [3.63, 3.8) is 0 Å². The molecule has 2 amide bonds. The normalized spacial score (nSPS) is 13.3. The molecule has 168 valence electrons. The van der Waals surface area contributed by atoms with E-state index in [1.54, 1.807) is 74.5 Å². The van der Waals surface area contributed by atoms with E-state index in [1.807, 2.05) is 0 Å². The van der Waals surface area contributed by atoms with Crippen molar-refractivity contribution in [2.24, 2.45) is 0 Å². The smallest absolute Gasteiger partial charge is 0.332 e. The van der Waals surface area contributed by atoms with E-state index in [-0.39, 0.29) is 35.8 Å². The van der Waals surface area contributed by atoms with Gasteiger partial charge < -0.3 is 20.8 Å². The Bertz CT molecular complexity index is 920. The fourth-order valence-corrected chi connectivity index (χ4v) is 3.19. The van der Waals surface area contributed by atoms with Gasteiger partial charge in [-0.3, -0.25) is 9.59 Å². The number of amides is 2. The quantitative estimate of drug-likeness (QED) is 0.422. The highest BCUT2D eigenvalue weighted by Crippen LogP contribution is 2.18. The Balaban J connectivity index is 2.13. The van der Waals surface area contributed by atoms with Crippen LogP contribution in [0.15, 0.2) is 71.8 Å². The molecule has 0 unspecified atom stereocenters. The summed E-state index contributed by atoms with van der Waals surface area (Å²) < 4.78 is 0. The van der Waals surface area contributed by atoms with Crippen LogP contribution in [0, 0.1) is 0 Å². The van der Waals surface area contributed by atoms with Gasteiger partial charge in [-0.1, -0.05) is 36.4 Å². The molecule has 0 aliphatic rings. The number of carbonyl (C=O) groups is 4. The van der Waals surface area contributed by atoms with Crippen LogP contribution >= 0.6 is 0 Å². The zero-order valence-electron chi connectivity index (χ0n) is 17.9. The lowest BCUT2D eigenvalue weighted by atomic mass is 9.96. The van der Waals surface area contributed by atoms with Gasteiger partial charge in [-0.15, -0.1) is 0 Å². The number of carboxylic acids is 2. The largest absolute Gasteiger partial charge is 0.478 e. The van der Waals surface area contributed by atoms with Crippen molar-refractivity contribution in [2.75, 3.05) is 0 Å². The summed E-state index contributed by atoms with van der Waals surface area (Å²) in [5.74, 6) is -3.54. The third kappa shape index (κ3) is 7.09. The molecule has 0 bridgehead atoms. The van der Waals surface area contributed by atoms with Gasteiger partial charge >= 0.3 is 11.9 Å². The van der Waals surface area contributed by atoms with E-state index < -0.39 is 24.0 Å². The number of hydrogen-bond acceptors (Lipinski definition) is 4. The lowest BCUT2D eigenvalue weighted by Gasteiger charge is -2.19. The minimum Gasteiger partial charge on any atom is -0.478 e. The van der Waals surface area contributed by atoms with E-state index >= 15 is 0 Å². The van der Waals surface area contributed by atoms with Crippen LogP contribution in [-0.2, 0) is 9.59 Å². The molecule has 0 aliphatic heterocycles. The van der Waals surface area contributed by atoms with Gasteiger partial charge in [0.25, 0.3) is 11.8 Å². The van der Waals surface area contributed by atoms with Crippen molar-refractivity contribution < 1.29 is 29.4 Å². The Hall–Kier alpha value is -3.94. The summed E-state index contributed by atoms with van der Waals surface area (Å²) in [6.07, 6.45) is -0.371. The van der Waals surface area contributed by atoms with Crippen LogP contribution in [0.2, 0.25) is 0 Å². The zero-order valence-corrected chi connectivity index (χ0v) is 17.9. The SMILES string of the molecule is C[C@@H](C/C(C(=O)O)=C(/C[C@H](C)NC(=O)c1ccccc1)C(=O)O)NC(=O)c1ccccc1. The maximum Gasteiger partial charge on any atom is 0.332 e. The van der Waals surface area contributed by atoms with Crippen molar-refractivity contribution >= 4 is 23.8 Å². The third-order valence-corrected chi connectivity index (χ3v) is 4.73. The van der Waals surface area contributed by atoms with Gasteiger partial charge in [0.2, 0.25) is 0 Å². The first-order chi connectivity index (χ1) is 15.2. The molecule has 8 nitrogen and oxygen atoms in total. The third-order valence-electron chi connectivity index (χ3n) is 4.73. The number of nitrogens with one attached hydrogen (secondary N) is 2. The van der Waals surface area contributed by atoms with Crippen LogP contribution in [0.25, 0.3) is 0 Å². The molecule has 2 atom stereocenters. The van der Waals surface area contributed by atoms with E-state index in [1.165, 1.54) is 0 Å². The lowest BCUT2D eigenvalue weighted by molar-refractivity contribution is -0.136. The molecule has 8 heteroatoms. The summed E-state index contributed by atoms with van der Waals surface area (Å²) in [5, 5.41) is 24.7. The van der Waals surface area contributed by atoms with E-state index in [9.17, 15) is 29.4 Å². The highest BCUT2D eigenvalue weighted by molar-refractivity contribution is 5.99. The molecule has 0 aliphatic carbocycles. The van der Waals surface area contributed by atoms with E-state index in [0.717, 1.165) is 0 Å². The molecule has 2 rings (SSSR count). The highest BCUT2D eigenvalue weighted by atomic mass is 16.4. The Morgan fingerprint density at radius 2 is 0.969 bits per heavy atom. The summed E-state index contributed by atoms with van der Waals surface area (Å²) in [6, 6.07) is 15.6. The summed E-state index contributed by atoms with van der Waals surface area (Å²) in [4.78, 5) is 48.3. The minimum atomic E-state index is -1.38. The average Bonchev–Trinajstić information content (AvgIpc) is 2.76. The minimum absolute atomic E-state index is 0.186. The molecule has 0 aromatic heterocycles. The van der Waals surface area contributed by atoms with Gasteiger partial charge in [0, 0.05) is 47.2 Å². The van der Waals surface area contributed by atoms with Crippen molar-refractivity contribution in [2.45, 2.75) is 38.8 Å². The van der Waals surface area contributed by atoms with Crippen molar-refractivity contribution in [3.05, 3.63) is 82.9 Å². The second-order valence-electron chi connectivity index (χ2n) is 7.46. The van der Waals surface area contributed by atoms with Crippen LogP contribution in [0.4, 0.5) is 0 Å². The first-order valence-electron chi connectivity index (χ1n) is 10.1.